The van der Waals surface area contributed by atoms with Gasteiger partial charge in [0.15, 0.2) is 0 Å². The van der Waals surface area contributed by atoms with Crippen LogP contribution in [0.25, 0.3) is 0 Å². The number of halogens is 3. The van der Waals surface area contributed by atoms with Crippen molar-refractivity contribution in [3.8, 4) is 0 Å². The van der Waals surface area contributed by atoms with E-state index in [1.165, 1.54) is 4.90 Å². The summed E-state index contributed by atoms with van der Waals surface area (Å²) in [6, 6.07) is -0.852. The van der Waals surface area contributed by atoms with Crippen LogP contribution in [0.3, 0.4) is 0 Å². The average Bonchev–Trinajstić information content (AvgIpc) is 2.26. The third-order valence-electron chi connectivity index (χ3n) is 2.59. The molecule has 1 saturated heterocycles. The Kier molecular flexibility index (Phi) is 4.80. The van der Waals surface area contributed by atoms with Crippen LogP contribution in [0.4, 0.5) is 18.0 Å². The number of urea groups is 1. The predicted octanol–water partition coefficient (Wildman–Crippen LogP) is 1.54. The fourth-order valence-corrected chi connectivity index (χ4v) is 1.86. The highest BCUT2D eigenvalue weighted by atomic mass is 19.4. The quantitative estimate of drug-likeness (QED) is 0.844. The molecule has 1 rings (SSSR count). The lowest BCUT2D eigenvalue weighted by Gasteiger charge is -2.32. The molecule has 1 aliphatic heterocycles. The van der Waals surface area contributed by atoms with E-state index in [2.05, 4.69) is 0 Å². The Bertz CT molecular complexity index is 314. The van der Waals surface area contributed by atoms with Gasteiger partial charge in [0.25, 0.3) is 0 Å². The second-order valence-electron chi connectivity index (χ2n) is 4.20. The summed E-state index contributed by atoms with van der Waals surface area (Å²) in [5, 5.41) is 8.55. The van der Waals surface area contributed by atoms with Crippen molar-refractivity contribution in [2.24, 2.45) is 0 Å². The third-order valence-corrected chi connectivity index (χ3v) is 2.59. The van der Waals surface area contributed by atoms with Crippen LogP contribution in [-0.4, -0.2) is 59.3 Å². The minimum atomic E-state index is -4.60. The molecule has 0 aromatic heterocycles. The number of likely N-dealkylation sites (tertiary alicyclic amines) is 1. The van der Waals surface area contributed by atoms with Gasteiger partial charge in [-0.25, -0.2) is 4.79 Å². The first kappa shape index (κ1) is 14.6. The second kappa shape index (κ2) is 5.92. The van der Waals surface area contributed by atoms with E-state index in [-0.39, 0.29) is 0 Å². The van der Waals surface area contributed by atoms with Crippen molar-refractivity contribution in [2.75, 3.05) is 26.2 Å². The maximum Gasteiger partial charge on any atom is 0.406 e. The first-order chi connectivity index (χ1) is 8.29. The standard InChI is InChI=1S/C10H15F3N2O3/c11-10(12,13)7-15(6-8(16)17)9(18)14-4-2-1-3-5-14/h1-7H2,(H,16,17). The van der Waals surface area contributed by atoms with Crippen LogP contribution >= 0.6 is 0 Å². The summed E-state index contributed by atoms with van der Waals surface area (Å²) in [5.74, 6) is -1.45. The van der Waals surface area contributed by atoms with Gasteiger partial charge in [-0.1, -0.05) is 0 Å². The zero-order valence-corrected chi connectivity index (χ0v) is 9.74. The molecule has 0 bridgehead atoms. The summed E-state index contributed by atoms with van der Waals surface area (Å²) in [4.78, 5) is 23.9. The number of alkyl halides is 3. The van der Waals surface area contributed by atoms with Gasteiger partial charge in [0, 0.05) is 13.1 Å². The van der Waals surface area contributed by atoms with Gasteiger partial charge in [-0.15, -0.1) is 0 Å². The summed E-state index contributed by atoms with van der Waals surface area (Å²) in [5.41, 5.74) is 0. The summed E-state index contributed by atoms with van der Waals surface area (Å²) in [6.45, 7) is -1.71. The number of carboxylic acids is 1. The van der Waals surface area contributed by atoms with Crippen LogP contribution in [-0.2, 0) is 4.79 Å². The van der Waals surface area contributed by atoms with E-state index in [1.54, 1.807) is 0 Å². The highest BCUT2D eigenvalue weighted by Gasteiger charge is 2.35. The van der Waals surface area contributed by atoms with Crippen molar-refractivity contribution in [3.05, 3.63) is 0 Å². The molecule has 104 valence electrons. The number of amides is 2. The summed E-state index contributed by atoms with van der Waals surface area (Å²) >= 11 is 0. The minimum Gasteiger partial charge on any atom is -0.480 e. The largest absolute Gasteiger partial charge is 0.480 e. The highest BCUT2D eigenvalue weighted by molar-refractivity contribution is 5.80. The fourth-order valence-electron chi connectivity index (χ4n) is 1.86. The van der Waals surface area contributed by atoms with Crippen LogP contribution in [0.2, 0.25) is 0 Å². The van der Waals surface area contributed by atoms with Gasteiger partial charge in [0.05, 0.1) is 0 Å². The first-order valence-corrected chi connectivity index (χ1v) is 5.62. The zero-order chi connectivity index (χ0) is 13.8. The molecule has 0 aromatic carbocycles. The highest BCUT2D eigenvalue weighted by Crippen LogP contribution is 2.18. The van der Waals surface area contributed by atoms with Gasteiger partial charge >= 0.3 is 18.2 Å². The van der Waals surface area contributed by atoms with Crippen LogP contribution < -0.4 is 0 Å². The maximum atomic E-state index is 12.3. The molecule has 0 aliphatic carbocycles. The summed E-state index contributed by atoms with van der Waals surface area (Å²) < 4.78 is 36.8. The van der Waals surface area contributed by atoms with E-state index in [4.69, 9.17) is 5.11 Å². The second-order valence-corrected chi connectivity index (χ2v) is 4.20. The van der Waals surface area contributed by atoms with Crippen molar-refractivity contribution >= 4 is 12.0 Å². The van der Waals surface area contributed by atoms with E-state index in [1.807, 2.05) is 0 Å². The lowest BCUT2D eigenvalue weighted by Crippen LogP contribution is -2.50. The Morgan fingerprint density at radius 1 is 1.17 bits per heavy atom. The zero-order valence-electron chi connectivity index (χ0n) is 9.74. The van der Waals surface area contributed by atoms with Crippen LogP contribution in [0, 0.1) is 0 Å². The lowest BCUT2D eigenvalue weighted by molar-refractivity contribution is -0.149. The van der Waals surface area contributed by atoms with Gasteiger partial charge in [-0.3, -0.25) is 4.79 Å². The number of hydrogen-bond donors (Lipinski definition) is 1. The Labute approximate surface area is 102 Å². The normalized spacial score (nSPS) is 16.5. The van der Waals surface area contributed by atoms with E-state index in [0.717, 1.165) is 19.3 Å². The molecule has 1 N–H and O–H groups in total. The molecule has 0 unspecified atom stereocenters. The molecule has 5 nitrogen and oxygen atoms in total. The summed E-state index contributed by atoms with van der Waals surface area (Å²) in [7, 11) is 0. The van der Waals surface area contributed by atoms with E-state index >= 15 is 0 Å². The monoisotopic (exact) mass is 268 g/mol. The topological polar surface area (TPSA) is 60.9 Å². The van der Waals surface area contributed by atoms with E-state index in [9.17, 15) is 22.8 Å². The fraction of sp³-hybridized carbons (Fsp3) is 0.800. The van der Waals surface area contributed by atoms with Crippen molar-refractivity contribution < 1.29 is 27.9 Å². The number of hydrogen-bond acceptors (Lipinski definition) is 2. The number of carbonyl (C=O) groups is 2. The van der Waals surface area contributed by atoms with Crippen molar-refractivity contribution in [3.63, 3.8) is 0 Å². The molecule has 1 heterocycles. The molecular weight excluding hydrogens is 253 g/mol. The van der Waals surface area contributed by atoms with Crippen molar-refractivity contribution in [1.82, 2.24) is 9.80 Å². The number of nitrogens with zero attached hydrogens (tertiary/aromatic N) is 2. The van der Waals surface area contributed by atoms with Gasteiger partial charge in [-0.2, -0.15) is 13.2 Å². The van der Waals surface area contributed by atoms with E-state index in [0.29, 0.717) is 18.0 Å². The van der Waals surface area contributed by atoms with Crippen LogP contribution in [0.5, 0.6) is 0 Å². The first-order valence-electron chi connectivity index (χ1n) is 5.62. The Morgan fingerprint density at radius 3 is 2.17 bits per heavy atom. The number of aliphatic carboxylic acids is 1. The molecule has 0 spiro atoms. The Hall–Kier alpha value is -1.47. The number of carbonyl (C=O) groups excluding carboxylic acids is 1. The predicted molar refractivity (Wildman–Crippen MR) is 56.1 cm³/mol. The number of rotatable bonds is 3. The maximum absolute atomic E-state index is 12.3. The molecule has 8 heteroatoms. The van der Waals surface area contributed by atoms with Gasteiger partial charge < -0.3 is 14.9 Å². The van der Waals surface area contributed by atoms with Crippen molar-refractivity contribution in [2.45, 2.75) is 25.4 Å². The lowest BCUT2D eigenvalue weighted by atomic mass is 10.1. The number of piperidine rings is 1. The molecule has 0 saturated carbocycles. The van der Waals surface area contributed by atoms with Crippen LogP contribution in [0.15, 0.2) is 0 Å². The average molecular weight is 268 g/mol. The van der Waals surface area contributed by atoms with Crippen LogP contribution in [0.1, 0.15) is 19.3 Å². The Balaban J connectivity index is 2.68. The molecule has 0 atom stereocenters. The molecule has 2 amide bonds. The Morgan fingerprint density at radius 2 is 1.72 bits per heavy atom. The molecular formula is C10H15F3N2O3. The van der Waals surface area contributed by atoms with E-state index < -0.39 is 31.3 Å². The molecule has 18 heavy (non-hydrogen) atoms. The molecule has 1 aliphatic rings. The van der Waals surface area contributed by atoms with Gasteiger partial charge in [0.1, 0.15) is 13.1 Å². The minimum absolute atomic E-state index is 0.327. The summed E-state index contributed by atoms with van der Waals surface area (Å²) in [6.07, 6.45) is -2.19. The van der Waals surface area contributed by atoms with Crippen molar-refractivity contribution in [1.29, 1.82) is 0 Å². The molecule has 1 fully saturated rings. The smallest absolute Gasteiger partial charge is 0.406 e. The van der Waals surface area contributed by atoms with Gasteiger partial charge in [-0.05, 0) is 19.3 Å². The number of carboxylic acid groups (broad SMARTS) is 1. The molecule has 0 radical (unpaired) electrons. The molecule has 0 aromatic rings. The van der Waals surface area contributed by atoms with Gasteiger partial charge in [0.2, 0.25) is 0 Å². The SMILES string of the molecule is O=C(O)CN(CC(F)(F)F)C(=O)N1CCCCC1. The third kappa shape index (κ3) is 4.80.